The van der Waals surface area contributed by atoms with Crippen LogP contribution in [0.25, 0.3) is 0 Å². The number of nitrogens with zero attached hydrogens (tertiary/aromatic N) is 4. The molecule has 3 aliphatic rings. The van der Waals surface area contributed by atoms with Crippen LogP contribution in [0, 0.1) is 0 Å². The van der Waals surface area contributed by atoms with E-state index in [9.17, 15) is 4.79 Å². The normalized spacial score (nSPS) is 22.9. The first-order chi connectivity index (χ1) is 16.6. The molecule has 0 spiro atoms. The fourth-order valence-electron chi connectivity index (χ4n) is 6.54. The fraction of sp³-hybridized carbons (Fsp3) is 0.704. The minimum absolute atomic E-state index is 0.0223. The third kappa shape index (κ3) is 4.82. The molecule has 2 aromatic heterocycles. The maximum absolute atomic E-state index is 13.3. The lowest BCUT2D eigenvalue weighted by atomic mass is 9.78. The number of amides is 1. The molecule has 1 unspecified atom stereocenters. The smallest absolute Gasteiger partial charge is 0.274 e. The fourth-order valence-corrected chi connectivity index (χ4v) is 6.54. The van der Waals surface area contributed by atoms with Crippen LogP contribution < -0.4 is 5.32 Å². The standard InChI is InChI=1S/C27H41N5O2/c1-30(19-22-10-9-17-34-22)26(33)25-23-18-21(11-12-24(23)31(2)29-25)28-20-27(13-5-3-6-14-27)32-15-7-4-8-16-32/h9-10,17,21,28H,3-8,11-16,18-20H2,1-2H3. The number of carbonyl (C=O) groups is 1. The summed E-state index contributed by atoms with van der Waals surface area (Å²) >= 11 is 0. The van der Waals surface area contributed by atoms with Gasteiger partial charge < -0.3 is 14.6 Å². The van der Waals surface area contributed by atoms with Gasteiger partial charge in [-0.2, -0.15) is 5.10 Å². The summed E-state index contributed by atoms with van der Waals surface area (Å²) in [6.07, 6.45) is 15.4. The Labute approximate surface area is 203 Å². The van der Waals surface area contributed by atoms with E-state index in [4.69, 9.17) is 4.42 Å². The van der Waals surface area contributed by atoms with Gasteiger partial charge in [-0.1, -0.05) is 25.7 Å². The summed E-state index contributed by atoms with van der Waals surface area (Å²) in [4.78, 5) is 17.8. The molecule has 2 aromatic rings. The second kappa shape index (κ2) is 10.2. The lowest BCUT2D eigenvalue weighted by molar-refractivity contribution is 0.0310. The lowest BCUT2D eigenvalue weighted by Crippen LogP contribution is -2.59. The summed E-state index contributed by atoms with van der Waals surface area (Å²) in [5.41, 5.74) is 3.30. The molecule has 1 saturated heterocycles. The van der Waals surface area contributed by atoms with Crippen molar-refractivity contribution in [3.63, 3.8) is 0 Å². The van der Waals surface area contributed by atoms with Crippen LogP contribution in [0.3, 0.4) is 0 Å². The zero-order valence-electron chi connectivity index (χ0n) is 21.0. The van der Waals surface area contributed by atoms with Crippen LogP contribution in [0.2, 0.25) is 0 Å². The Kier molecular flexibility index (Phi) is 7.11. The number of hydrogen-bond donors (Lipinski definition) is 1. The molecule has 3 heterocycles. The van der Waals surface area contributed by atoms with Crippen LogP contribution >= 0.6 is 0 Å². The molecule has 0 bridgehead atoms. The molecule has 1 saturated carbocycles. The second-order valence-electron chi connectivity index (χ2n) is 10.8. The van der Waals surface area contributed by atoms with E-state index in [2.05, 4.69) is 15.3 Å². The number of nitrogens with one attached hydrogen (secondary N) is 1. The predicted octanol–water partition coefficient (Wildman–Crippen LogP) is 3.92. The molecule has 0 aromatic carbocycles. The predicted molar refractivity (Wildman–Crippen MR) is 133 cm³/mol. The Morgan fingerprint density at radius 2 is 1.97 bits per heavy atom. The topological polar surface area (TPSA) is 66.5 Å². The minimum Gasteiger partial charge on any atom is -0.467 e. The van der Waals surface area contributed by atoms with Gasteiger partial charge in [-0.25, -0.2) is 0 Å². The number of hydrogen-bond acceptors (Lipinski definition) is 5. The van der Waals surface area contributed by atoms with E-state index >= 15 is 0 Å². The largest absolute Gasteiger partial charge is 0.467 e. The summed E-state index contributed by atoms with van der Waals surface area (Å²) in [6, 6.07) is 4.17. The average Bonchev–Trinajstić information content (AvgIpc) is 3.51. The number of rotatable bonds is 7. The van der Waals surface area contributed by atoms with Crippen LogP contribution in [-0.4, -0.2) is 63.8 Å². The Balaban J connectivity index is 1.27. The first-order valence-corrected chi connectivity index (χ1v) is 13.4. The molecule has 1 N–H and O–H groups in total. The summed E-state index contributed by atoms with van der Waals surface area (Å²) < 4.78 is 7.37. The van der Waals surface area contributed by atoms with Crippen molar-refractivity contribution >= 4 is 5.91 Å². The van der Waals surface area contributed by atoms with Gasteiger partial charge >= 0.3 is 0 Å². The van der Waals surface area contributed by atoms with Gasteiger partial charge in [0.25, 0.3) is 5.91 Å². The molecule has 2 aliphatic carbocycles. The van der Waals surface area contributed by atoms with Gasteiger partial charge in [0.05, 0.1) is 12.8 Å². The van der Waals surface area contributed by atoms with Crippen molar-refractivity contribution in [1.82, 2.24) is 24.9 Å². The summed E-state index contributed by atoms with van der Waals surface area (Å²) in [5.74, 6) is 0.765. The van der Waals surface area contributed by atoms with Crippen molar-refractivity contribution in [3.05, 3.63) is 41.1 Å². The van der Waals surface area contributed by atoms with Crippen LogP contribution in [0.1, 0.15) is 85.3 Å². The van der Waals surface area contributed by atoms with Crippen LogP contribution in [0.15, 0.2) is 22.8 Å². The van der Waals surface area contributed by atoms with Crippen molar-refractivity contribution in [3.8, 4) is 0 Å². The molecular formula is C27H41N5O2. The molecule has 7 nitrogen and oxygen atoms in total. The first-order valence-electron chi connectivity index (χ1n) is 13.4. The van der Waals surface area contributed by atoms with E-state index in [1.165, 1.54) is 70.2 Å². The number of likely N-dealkylation sites (tertiary alicyclic amines) is 1. The third-order valence-corrected chi connectivity index (χ3v) is 8.51. The zero-order valence-corrected chi connectivity index (χ0v) is 21.0. The number of aromatic nitrogens is 2. The third-order valence-electron chi connectivity index (χ3n) is 8.51. The van der Waals surface area contributed by atoms with E-state index < -0.39 is 0 Å². The maximum atomic E-state index is 13.3. The van der Waals surface area contributed by atoms with Crippen molar-refractivity contribution < 1.29 is 9.21 Å². The van der Waals surface area contributed by atoms with Gasteiger partial charge in [0, 0.05) is 43.5 Å². The van der Waals surface area contributed by atoms with Gasteiger partial charge in [-0.15, -0.1) is 0 Å². The molecule has 34 heavy (non-hydrogen) atoms. The number of piperidine rings is 1. The van der Waals surface area contributed by atoms with E-state index in [-0.39, 0.29) is 5.91 Å². The van der Waals surface area contributed by atoms with Crippen LogP contribution in [0.4, 0.5) is 0 Å². The molecule has 7 heteroatoms. The summed E-state index contributed by atoms with van der Waals surface area (Å²) in [5, 5.41) is 8.67. The number of fused-ring (bicyclic) bond motifs is 1. The molecular weight excluding hydrogens is 426 g/mol. The van der Waals surface area contributed by atoms with Crippen LogP contribution in [-0.2, 0) is 26.4 Å². The first kappa shape index (κ1) is 23.6. The molecule has 0 radical (unpaired) electrons. The van der Waals surface area contributed by atoms with E-state index in [1.807, 2.05) is 30.9 Å². The molecule has 1 atom stereocenters. The Hall–Kier alpha value is -2.12. The highest BCUT2D eigenvalue weighted by Crippen LogP contribution is 2.36. The van der Waals surface area contributed by atoms with Crippen molar-refractivity contribution in [2.45, 2.75) is 88.8 Å². The van der Waals surface area contributed by atoms with Gasteiger partial charge in [-0.05, 0) is 70.2 Å². The molecule has 5 rings (SSSR count). The second-order valence-corrected chi connectivity index (χ2v) is 10.8. The highest BCUT2D eigenvalue weighted by Gasteiger charge is 2.39. The number of aryl methyl sites for hydroxylation is 1. The van der Waals surface area contributed by atoms with E-state index in [1.54, 1.807) is 11.2 Å². The zero-order chi connectivity index (χ0) is 23.5. The van der Waals surface area contributed by atoms with Crippen molar-refractivity contribution in [2.75, 3.05) is 26.7 Å². The van der Waals surface area contributed by atoms with E-state index in [0.29, 0.717) is 23.8 Å². The SMILES string of the molecule is CN(Cc1ccco1)C(=O)c1nn(C)c2c1CC(NCC1(N3CCCCC3)CCCCC1)CC2. The molecule has 1 aliphatic heterocycles. The van der Waals surface area contributed by atoms with Crippen molar-refractivity contribution in [1.29, 1.82) is 0 Å². The van der Waals surface area contributed by atoms with Crippen LogP contribution in [0.5, 0.6) is 0 Å². The summed E-state index contributed by atoms with van der Waals surface area (Å²) in [6.45, 7) is 4.06. The van der Waals surface area contributed by atoms with Crippen molar-refractivity contribution in [2.24, 2.45) is 7.05 Å². The highest BCUT2D eigenvalue weighted by atomic mass is 16.3. The highest BCUT2D eigenvalue weighted by molar-refractivity contribution is 5.94. The lowest BCUT2D eigenvalue weighted by Gasteiger charge is -2.49. The van der Waals surface area contributed by atoms with E-state index in [0.717, 1.165) is 37.1 Å². The molecule has 1 amide bonds. The van der Waals surface area contributed by atoms with Gasteiger partial charge in [0.2, 0.25) is 0 Å². The quantitative estimate of drug-likeness (QED) is 0.669. The van der Waals surface area contributed by atoms with Gasteiger partial charge in [-0.3, -0.25) is 14.4 Å². The minimum atomic E-state index is -0.0223. The summed E-state index contributed by atoms with van der Waals surface area (Å²) in [7, 11) is 3.80. The van der Waals surface area contributed by atoms with Gasteiger partial charge in [0.15, 0.2) is 5.69 Å². The molecule has 186 valence electrons. The average molecular weight is 468 g/mol. The monoisotopic (exact) mass is 467 g/mol. The van der Waals surface area contributed by atoms with Gasteiger partial charge in [0.1, 0.15) is 5.76 Å². The Bertz CT molecular complexity index is 954. The maximum Gasteiger partial charge on any atom is 0.274 e. The molecule has 2 fully saturated rings. The Morgan fingerprint density at radius 1 is 1.21 bits per heavy atom. The number of furan rings is 1. The number of carbonyl (C=O) groups excluding carboxylic acids is 1. The Morgan fingerprint density at radius 3 is 2.71 bits per heavy atom.